The van der Waals surface area contributed by atoms with Crippen molar-refractivity contribution in [1.82, 2.24) is 9.80 Å². The number of carbonyl (C=O) groups is 3. The van der Waals surface area contributed by atoms with Crippen molar-refractivity contribution in [2.75, 3.05) is 13.1 Å². The second-order valence-corrected chi connectivity index (χ2v) is 10.1. The largest absolute Gasteiger partial charge is 0.489 e. The first kappa shape index (κ1) is 25.0. The molecule has 1 saturated heterocycles. The van der Waals surface area contributed by atoms with E-state index in [2.05, 4.69) is 0 Å². The average molecular weight is 537 g/mol. The van der Waals surface area contributed by atoms with Crippen molar-refractivity contribution in [2.45, 2.75) is 19.6 Å². The average Bonchev–Trinajstić information content (AvgIpc) is 3.15. The van der Waals surface area contributed by atoms with Gasteiger partial charge in [-0.2, -0.15) is 0 Å². The van der Waals surface area contributed by atoms with Crippen LogP contribution in [0, 0.1) is 5.82 Å². The van der Waals surface area contributed by atoms with E-state index in [1.54, 1.807) is 41.3 Å². The minimum absolute atomic E-state index is 0.0610. The normalized spacial score (nSPS) is 16.3. The van der Waals surface area contributed by atoms with Gasteiger partial charge in [-0.25, -0.2) is 4.39 Å². The molecule has 3 amide bonds. The number of benzene rings is 3. The molecule has 6 nitrogen and oxygen atoms in total. The molecule has 2 heterocycles. The summed E-state index contributed by atoms with van der Waals surface area (Å²) in [6, 6.07) is 19.2. The first-order valence-corrected chi connectivity index (χ1v) is 12.8. The lowest BCUT2D eigenvalue weighted by atomic mass is 10.00. The number of hydrogen-bond acceptors (Lipinski definition) is 5. The van der Waals surface area contributed by atoms with Crippen LogP contribution in [-0.2, 0) is 29.2 Å². The number of fused-ring (bicyclic) bond motifs is 1. The Balaban J connectivity index is 1.24. The van der Waals surface area contributed by atoms with Gasteiger partial charge < -0.3 is 9.64 Å². The third kappa shape index (κ3) is 5.55. The lowest BCUT2D eigenvalue weighted by Gasteiger charge is -2.29. The lowest BCUT2D eigenvalue weighted by molar-refractivity contribution is -0.136. The topological polar surface area (TPSA) is 66.9 Å². The van der Waals surface area contributed by atoms with Gasteiger partial charge in [0, 0.05) is 18.7 Å². The van der Waals surface area contributed by atoms with Crippen molar-refractivity contribution in [3.05, 3.63) is 105 Å². The highest BCUT2D eigenvalue weighted by atomic mass is 35.5. The van der Waals surface area contributed by atoms with E-state index in [0.29, 0.717) is 24.4 Å². The third-order valence-corrected chi connectivity index (χ3v) is 7.51. The Morgan fingerprint density at radius 3 is 2.65 bits per heavy atom. The number of ether oxygens (including phenoxy) is 1. The first-order chi connectivity index (χ1) is 17.9. The van der Waals surface area contributed by atoms with Crippen molar-refractivity contribution in [3.8, 4) is 5.75 Å². The fourth-order valence-electron chi connectivity index (χ4n) is 4.25. The molecule has 0 radical (unpaired) electrons. The summed E-state index contributed by atoms with van der Waals surface area (Å²) in [5.41, 5.74) is 3.17. The molecule has 188 valence electrons. The Kier molecular flexibility index (Phi) is 7.30. The predicted molar refractivity (Wildman–Crippen MR) is 140 cm³/mol. The molecule has 0 aliphatic carbocycles. The third-order valence-electron chi connectivity index (χ3n) is 6.25. The van der Waals surface area contributed by atoms with E-state index in [4.69, 9.17) is 16.3 Å². The van der Waals surface area contributed by atoms with Gasteiger partial charge in [0.15, 0.2) is 0 Å². The molecule has 0 spiro atoms. The zero-order valence-corrected chi connectivity index (χ0v) is 21.2. The van der Waals surface area contributed by atoms with Crippen LogP contribution in [-0.4, -0.2) is 39.9 Å². The molecule has 3 aromatic rings. The number of amides is 3. The first-order valence-electron chi connectivity index (χ1n) is 11.6. The number of imide groups is 1. The maximum absolute atomic E-state index is 14.0. The molecule has 0 bridgehead atoms. The highest BCUT2D eigenvalue weighted by Crippen LogP contribution is 2.33. The molecule has 37 heavy (non-hydrogen) atoms. The van der Waals surface area contributed by atoms with Gasteiger partial charge in [0.05, 0.1) is 9.93 Å². The number of halogens is 2. The summed E-state index contributed by atoms with van der Waals surface area (Å²) in [6.45, 7) is 0.657. The van der Waals surface area contributed by atoms with E-state index in [1.807, 2.05) is 24.3 Å². The summed E-state index contributed by atoms with van der Waals surface area (Å²) in [6.07, 6.45) is 2.32. The summed E-state index contributed by atoms with van der Waals surface area (Å²) in [5.74, 6) is -0.779. The van der Waals surface area contributed by atoms with E-state index >= 15 is 0 Å². The van der Waals surface area contributed by atoms with Crippen molar-refractivity contribution in [1.29, 1.82) is 0 Å². The fraction of sp³-hybridized carbons (Fsp3) is 0.179. The standard InChI is InChI=1S/C28H22ClFN2O4S/c29-23-9-4-10-24(30)22(23)17-36-21-8-3-5-18(13-21)14-25-27(34)32(28(35)37-25)16-26(33)31-12-11-19-6-1-2-7-20(19)15-31/h1-10,13-14H,11-12,15-17H2/b25-14+. The summed E-state index contributed by atoms with van der Waals surface area (Å²) in [4.78, 5) is 41.3. The Labute approximate surface area is 222 Å². The van der Waals surface area contributed by atoms with E-state index in [-0.39, 0.29) is 34.6 Å². The van der Waals surface area contributed by atoms with Gasteiger partial charge in [-0.05, 0) is 65.2 Å². The van der Waals surface area contributed by atoms with Gasteiger partial charge in [0.2, 0.25) is 5.91 Å². The predicted octanol–water partition coefficient (Wildman–Crippen LogP) is 5.68. The van der Waals surface area contributed by atoms with E-state index in [9.17, 15) is 18.8 Å². The van der Waals surface area contributed by atoms with Crippen molar-refractivity contribution >= 4 is 46.5 Å². The monoisotopic (exact) mass is 536 g/mol. The molecule has 0 N–H and O–H groups in total. The van der Waals surface area contributed by atoms with Crippen molar-refractivity contribution in [2.24, 2.45) is 0 Å². The molecule has 9 heteroatoms. The van der Waals surface area contributed by atoms with Gasteiger partial charge >= 0.3 is 0 Å². The van der Waals surface area contributed by atoms with Crippen molar-refractivity contribution in [3.63, 3.8) is 0 Å². The Morgan fingerprint density at radius 1 is 1.05 bits per heavy atom. The van der Waals surface area contributed by atoms with Gasteiger partial charge in [-0.1, -0.05) is 54.1 Å². The van der Waals surface area contributed by atoms with Crippen LogP contribution in [0.3, 0.4) is 0 Å². The summed E-state index contributed by atoms with van der Waals surface area (Å²) < 4.78 is 19.7. The Hall–Kier alpha value is -3.62. The van der Waals surface area contributed by atoms with E-state index < -0.39 is 17.0 Å². The van der Waals surface area contributed by atoms with Gasteiger partial charge in [0.1, 0.15) is 24.7 Å². The van der Waals surface area contributed by atoms with Crippen LogP contribution in [0.1, 0.15) is 22.3 Å². The highest BCUT2D eigenvalue weighted by molar-refractivity contribution is 8.18. The van der Waals surface area contributed by atoms with Crippen LogP contribution in [0.15, 0.2) is 71.6 Å². The molecule has 3 aromatic carbocycles. The molecule has 2 aliphatic heterocycles. The van der Waals surface area contributed by atoms with Crippen LogP contribution in [0.2, 0.25) is 5.02 Å². The molecule has 2 aliphatic rings. The summed E-state index contributed by atoms with van der Waals surface area (Å²) in [7, 11) is 0. The maximum Gasteiger partial charge on any atom is 0.294 e. The SMILES string of the molecule is O=C(CN1C(=O)S/C(=C/c2cccc(OCc3c(F)cccc3Cl)c2)C1=O)N1CCc2ccccc2C1. The number of nitrogens with zero attached hydrogens (tertiary/aromatic N) is 2. The van der Waals surface area contributed by atoms with Crippen LogP contribution < -0.4 is 4.74 Å². The molecule has 0 saturated carbocycles. The Morgan fingerprint density at radius 2 is 1.84 bits per heavy atom. The van der Waals surface area contributed by atoms with Crippen LogP contribution in [0.25, 0.3) is 6.08 Å². The quantitative estimate of drug-likeness (QED) is 0.379. The smallest absolute Gasteiger partial charge is 0.294 e. The number of thioether (sulfide) groups is 1. The summed E-state index contributed by atoms with van der Waals surface area (Å²) in [5, 5.41) is -0.211. The molecular weight excluding hydrogens is 515 g/mol. The van der Waals surface area contributed by atoms with E-state index in [1.165, 1.54) is 17.7 Å². The lowest BCUT2D eigenvalue weighted by Crippen LogP contribution is -2.44. The van der Waals surface area contributed by atoms with E-state index in [0.717, 1.165) is 28.6 Å². The van der Waals surface area contributed by atoms with Crippen molar-refractivity contribution < 1.29 is 23.5 Å². The van der Waals surface area contributed by atoms with Crippen LogP contribution in [0.4, 0.5) is 9.18 Å². The fourth-order valence-corrected chi connectivity index (χ4v) is 5.31. The maximum atomic E-state index is 14.0. The number of rotatable bonds is 6. The second-order valence-electron chi connectivity index (χ2n) is 8.66. The van der Waals surface area contributed by atoms with Crippen LogP contribution in [0.5, 0.6) is 5.75 Å². The zero-order chi connectivity index (χ0) is 25.9. The second kappa shape index (κ2) is 10.8. The zero-order valence-electron chi connectivity index (χ0n) is 19.7. The number of hydrogen-bond donors (Lipinski definition) is 0. The minimum atomic E-state index is -0.509. The molecule has 1 fully saturated rings. The molecule has 0 aromatic heterocycles. The number of carbonyl (C=O) groups excluding carboxylic acids is 3. The van der Waals surface area contributed by atoms with Gasteiger partial charge in [0.25, 0.3) is 11.1 Å². The summed E-state index contributed by atoms with van der Waals surface area (Å²) >= 11 is 6.85. The van der Waals surface area contributed by atoms with Gasteiger partial charge in [-0.15, -0.1) is 0 Å². The minimum Gasteiger partial charge on any atom is -0.489 e. The molecule has 5 rings (SSSR count). The molecule has 0 atom stereocenters. The molecular formula is C28H22ClFN2O4S. The van der Waals surface area contributed by atoms with Gasteiger partial charge in [-0.3, -0.25) is 19.3 Å². The Bertz CT molecular complexity index is 1410. The van der Waals surface area contributed by atoms with Crippen LogP contribution >= 0.6 is 23.4 Å². The highest BCUT2D eigenvalue weighted by Gasteiger charge is 2.37. The molecule has 0 unspecified atom stereocenters.